The van der Waals surface area contributed by atoms with Crippen LogP contribution in [-0.2, 0) is 5.41 Å². The molecule has 0 atom stereocenters. The number of anilines is 2. The Bertz CT molecular complexity index is 416. The summed E-state index contributed by atoms with van der Waals surface area (Å²) in [6.45, 7) is 8.51. The number of nitrogens with one attached hydrogen (secondary N) is 1. The molecule has 5 nitrogen and oxygen atoms in total. The van der Waals surface area contributed by atoms with Gasteiger partial charge in [0.1, 0.15) is 17.5 Å². The molecule has 1 fully saturated rings. The van der Waals surface area contributed by atoms with Gasteiger partial charge in [0.05, 0.1) is 0 Å². The van der Waals surface area contributed by atoms with Crippen molar-refractivity contribution in [3.63, 3.8) is 0 Å². The van der Waals surface area contributed by atoms with Crippen LogP contribution >= 0.6 is 0 Å². The molecule has 1 aromatic heterocycles. The van der Waals surface area contributed by atoms with E-state index >= 15 is 0 Å². The van der Waals surface area contributed by atoms with Crippen LogP contribution in [0.3, 0.4) is 0 Å². The van der Waals surface area contributed by atoms with Crippen molar-refractivity contribution in [1.82, 2.24) is 9.97 Å². The molecule has 0 radical (unpaired) electrons. The molecule has 5 heteroatoms. The van der Waals surface area contributed by atoms with E-state index in [1.165, 1.54) is 25.7 Å². The van der Waals surface area contributed by atoms with Crippen LogP contribution in [0, 0.1) is 0 Å². The summed E-state index contributed by atoms with van der Waals surface area (Å²) in [7, 11) is 0. The van der Waals surface area contributed by atoms with Gasteiger partial charge in [-0.05, 0) is 12.8 Å². The molecule has 0 saturated carbocycles. The zero-order chi connectivity index (χ0) is 13.9. The molecular weight excluding hydrogens is 238 g/mol. The fraction of sp³-hybridized carbons (Fsp3) is 0.714. The number of nitrogens with zero attached hydrogens (tertiary/aromatic N) is 3. The van der Waals surface area contributed by atoms with Crippen LogP contribution in [0.25, 0.3) is 0 Å². The monoisotopic (exact) mass is 263 g/mol. The van der Waals surface area contributed by atoms with Crippen LogP contribution < -0.4 is 16.2 Å². The largest absolute Gasteiger partial charge is 0.356 e. The van der Waals surface area contributed by atoms with Gasteiger partial charge in [0.15, 0.2) is 0 Å². The Labute approximate surface area is 115 Å². The van der Waals surface area contributed by atoms with E-state index in [-0.39, 0.29) is 5.41 Å². The maximum atomic E-state index is 5.53. The maximum absolute atomic E-state index is 5.53. The quantitative estimate of drug-likeness (QED) is 0.633. The Morgan fingerprint density at radius 1 is 1.11 bits per heavy atom. The normalized spacial score (nSPS) is 17.2. The van der Waals surface area contributed by atoms with Crippen molar-refractivity contribution in [2.24, 2.45) is 5.84 Å². The van der Waals surface area contributed by atoms with Crippen molar-refractivity contribution in [1.29, 1.82) is 0 Å². The average Bonchev–Trinajstić information content (AvgIpc) is 2.66. The third-order valence-electron chi connectivity index (χ3n) is 3.46. The minimum atomic E-state index is -0.0759. The van der Waals surface area contributed by atoms with Gasteiger partial charge in [-0.1, -0.05) is 33.6 Å². The molecule has 0 bridgehead atoms. The molecule has 2 heterocycles. The summed E-state index contributed by atoms with van der Waals surface area (Å²) in [6, 6.07) is 1.94. The summed E-state index contributed by atoms with van der Waals surface area (Å²) in [5, 5.41) is 0. The van der Waals surface area contributed by atoms with Crippen LogP contribution in [-0.4, -0.2) is 23.1 Å². The number of aromatic nitrogens is 2. The first-order valence-electron chi connectivity index (χ1n) is 7.12. The van der Waals surface area contributed by atoms with E-state index < -0.39 is 0 Å². The van der Waals surface area contributed by atoms with Gasteiger partial charge in [0.2, 0.25) is 0 Å². The first kappa shape index (κ1) is 14.1. The first-order chi connectivity index (χ1) is 9.00. The Morgan fingerprint density at radius 2 is 1.74 bits per heavy atom. The van der Waals surface area contributed by atoms with Gasteiger partial charge in [-0.15, -0.1) is 0 Å². The van der Waals surface area contributed by atoms with E-state index in [0.29, 0.717) is 5.82 Å². The lowest BCUT2D eigenvalue weighted by Gasteiger charge is -2.25. The van der Waals surface area contributed by atoms with Crippen LogP contribution in [0.4, 0.5) is 11.6 Å². The summed E-state index contributed by atoms with van der Waals surface area (Å²) in [6.07, 6.45) is 5.10. The lowest BCUT2D eigenvalue weighted by Crippen LogP contribution is -2.27. The number of hydrogen-bond donors (Lipinski definition) is 2. The number of hydrogen-bond acceptors (Lipinski definition) is 5. The highest BCUT2D eigenvalue weighted by atomic mass is 15.3. The highest BCUT2D eigenvalue weighted by molar-refractivity contribution is 5.49. The molecule has 19 heavy (non-hydrogen) atoms. The molecule has 2 rings (SSSR count). The van der Waals surface area contributed by atoms with Crippen molar-refractivity contribution in [3.8, 4) is 0 Å². The molecular formula is C14H25N5. The standard InChI is InChI=1S/C14H25N5/c1-14(2,3)13-16-11(18-15)10-12(17-13)19-8-6-4-5-7-9-19/h10H,4-9,15H2,1-3H3,(H,16,17,18). The first-order valence-corrected chi connectivity index (χ1v) is 7.12. The van der Waals surface area contributed by atoms with E-state index in [4.69, 9.17) is 10.8 Å². The Hall–Kier alpha value is -1.36. The van der Waals surface area contributed by atoms with E-state index in [9.17, 15) is 0 Å². The maximum Gasteiger partial charge on any atom is 0.145 e. The highest BCUT2D eigenvalue weighted by Gasteiger charge is 2.21. The molecule has 0 aliphatic carbocycles. The number of hydrazine groups is 1. The Balaban J connectivity index is 2.33. The minimum absolute atomic E-state index is 0.0759. The van der Waals surface area contributed by atoms with Crippen molar-refractivity contribution in [2.75, 3.05) is 23.4 Å². The number of nitrogens with two attached hydrogens (primary N) is 1. The molecule has 0 unspecified atom stereocenters. The summed E-state index contributed by atoms with van der Waals surface area (Å²) >= 11 is 0. The predicted octanol–water partition coefficient (Wildman–Crippen LogP) is 2.44. The molecule has 0 aromatic carbocycles. The minimum Gasteiger partial charge on any atom is -0.356 e. The zero-order valence-corrected chi connectivity index (χ0v) is 12.2. The van der Waals surface area contributed by atoms with Crippen LogP contribution in [0.15, 0.2) is 6.07 Å². The molecule has 0 amide bonds. The fourth-order valence-corrected chi connectivity index (χ4v) is 2.31. The van der Waals surface area contributed by atoms with Gasteiger partial charge in [-0.25, -0.2) is 15.8 Å². The SMILES string of the molecule is CC(C)(C)c1nc(NN)cc(N2CCCCCC2)n1. The number of rotatable bonds is 2. The van der Waals surface area contributed by atoms with E-state index in [2.05, 4.69) is 36.1 Å². The van der Waals surface area contributed by atoms with Gasteiger partial charge in [-0.3, -0.25) is 0 Å². The van der Waals surface area contributed by atoms with Crippen LogP contribution in [0.2, 0.25) is 0 Å². The lowest BCUT2D eigenvalue weighted by atomic mass is 9.96. The van der Waals surface area contributed by atoms with Gasteiger partial charge in [0.25, 0.3) is 0 Å². The third-order valence-corrected chi connectivity index (χ3v) is 3.46. The summed E-state index contributed by atoms with van der Waals surface area (Å²) in [5.41, 5.74) is 2.58. The van der Waals surface area contributed by atoms with Crippen LogP contribution in [0.5, 0.6) is 0 Å². The van der Waals surface area contributed by atoms with Crippen LogP contribution in [0.1, 0.15) is 52.3 Å². The van der Waals surface area contributed by atoms with Gasteiger partial charge >= 0.3 is 0 Å². The molecule has 1 aliphatic rings. The fourth-order valence-electron chi connectivity index (χ4n) is 2.31. The van der Waals surface area contributed by atoms with Crippen molar-refractivity contribution in [2.45, 2.75) is 51.9 Å². The van der Waals surface area contributed by atoms with E-state index in [1.54, 1.807) is 0 Å². The predicted molar refractivity (Wildman–Crippen MR) is 79.2 cm³/mol. The molecule has 106 valence electrons. The second-order valence-corrected chi connectivity index (χ2v) is 6.23. The zero-order valence-electron chi connectivity index (χ0n) is 12.2. The lowest BCUT2D eigenvalue weighted by molar-refractivity contribution is 0.544. The molecule has 1 aromatic rings. The number of nitrogen functional groups attached to an aromatic ring is 1. The van der Waals surface area contributed by atoms with Crippen molar-refractivity contribution < 1.29 is 0 Å². The molecule has 1 aliphatic heterocycles. The van der Waals surface area contributed by atoms with Gasteiger partial charge < -0.3 is 10.3 Å². The smallest absolute Gasteiger partial charge is 0.145 e. The summed E-state index contributed by atoms with van der Waals surface area (Å²) in [4.78, 5) is 11.6. The second kappa shape index (κ2) is 5.74. The van der Waals surface area contributed by atoms with Gasteiger partial charge in [0, 0.05) is 24.6 Å². The van der Waals surface area contributed by atoms with Crippen molar-refractivity contribution >= 4 is 11.6 Å². The van der Waals surface area contributed by atoms with E-state index in [0.717, 1.165) is 24.7 Å². The van der Waals surface area contributed by atoms with Crippen molar-refractivity contribution in [3.05, 3.63) is 11.9 Å². The highest BCUT2D eigenvalue weighted by Crippen LogP contribution is 2.25. The third kappa shape index (κ3) is 3.56. The average molecular weight is 263 g/mol. The van der Waals surface area contributed by atoms with Gasteiger partial charge in [-0.2, -0.15) is 0 Å². The Kier molecular flexibility index (Phi) is 4.24. The topological polar surface area (TPSA) is 67.1 Å². The second-order valence-electron chi connectivity index (χ2n) is 6.23. The van der Waals surface area contributed by atoms with E-state index in [1.807, 2.05) is 6.07 Å². The molecule has 3 N–H and O–H groups in total. The summed E-state index contributed by atoms with van der Waals surface area (Å²) in [5.74, 6) is 8.06. The Morgan fingerprint density at radius 3 is 2.26 bits per heavy atom. The summed E-state index contributed by atoms with van der Waals surface area (Å²) < 4.78 is 0. The molecule has 1 saturated heterocycles. The molecule has 0 spiro atoms.